The van der Waals surface area contributed by atoms with Gasteiger partial charge in [-0.3, -0.25) is 9.59 Å². The van der Waals surface area contributed by atoms with Gasteiger partial charge in [0.1, 0.15) is 0 Å². The Labute approximate surface area is 220 Å². The highest BCUT2D eigenvalue weighted by atomic mass is 16.5. The molecule has 0 aromatic heterocycles. The van der Waals surface area contributed by atoms with Gasteiger partial charge in [-0.05, 0) is 12.8 Å². The summed E-state index contributed by atoms with van der Waals surface area (Å²) in [5.74, 6) is -0.00746. The van der Waals surface area contributed by atoms with Gasteiger partial charge in [-0.15, -0.1) is 0 Å². The van der Waals surface area contributed by atoms with E-state index in [2.05, 4.69) is 19.2 Å². The molecule has 0 aliphatic heterocycles. The second-order valence-electron chi connectivity index (χ2n) is 9.33. The van der Waals surface area contributed by atoms with Crippen molar-refractivity contribution in [2.45, 2.75) is 104 Å². The summed E-state index contributed by atoms with van der Waals surface area (Å²) in [6.45, 7) is 9.04. The number of aliphatic hydroxyl groups excluding tert-OH is 1. The van der Waals surface area contributed by atoms with Gasteiger partial charge < -0.3 is 29.5 Å². The molecule has 0 rings (SSSR count). The van der Waals surface area contributed by atoms with Crippen LogP contribution in [0.3, 0.4) is 0 Å². The zero-order chi connectivity index (χ0) is 26.5. The molecule has 0 aliphatic rings. The molecule has 214 valence electrons. The molecule has 8 nitrogen and oxygen atoms in total. The largest absolute Gasteiger partial charge is 0.394 e. The van der Waals surface area contributed by atoms with E-state index in [4.69, 9.17) is 19.3 Å². The molecule has 0 radical (unpaired) electrons. The summed E-state index contributed by atoms with van der Waals surface area (Å²) >= 11 is 0. The van der Waals surface area contributed by atoms with E-state index in [1.165, 1.54) is 64.2 Å². The summed E-state index contributed by atoms with van der Waals surface area (Å²) in [7, 11) is 0. The Morgan fingerprint density at radius 1 is 0.639 bits per heavy atom. The number of rotatable bonds is 28. The van der Waals surface area contributed by atoms with Crippen LogP contribution >= 0.6 is 0 Å². The van der Waals surface area contributed by atoms with Gasteiger partial charge in [-0.1, -0.05) is 78.1 Å². The highest BCUT2D eigenvalue weighted by molar-refractivity contribution is 5.83. The third-order valence-corrected chi connectivity index (χ3v) is 6.03. The lowest BCUT2D eigenvalue weighted by Gasteiger charge is -2.23. The maximum Gasteiger partial charge on any atom is 0.223 e. The van der Waals surface area contributed by atoms with Crippen molar-refractivity contribution >= 4 is 11.8 Å². The van der Waals surface area contributed by atoms with Gasteiger partial charge in [0.05, 0.1) is 46.2 Å². The predicted molar refractivity (Wildman–Crippen MR) is 145 cm³/mol. The highest BCUT2D eigenvalue weighted by Gasteiger charge is 2.14. The first-order chi connectivity index (χ1) is 17.7. The number of ether oxygens (including phenoxy) is 3. The van der Waals surface area contributed by atoms with Crippen molar-refractivity contribution in [1.29, 1.82) is 0 Å². The van der Waals surface area contributed by atoms with E-state index in [0.717, 1.165) is 25.9 Å². The van der Waals surface area contributed by atoms with Crippen LogP contribution in [0.1, 0.15) is 104 Å². The molecule has 0 saturated carbocycles. The zero-order valence-electron chi connectivity index (χ0n) is 23.4. The summed E-state index contributed by atoms with van der Waals surface area (Å²) in [5, 5.41) is 11.4. The maximum absolute atomic E-state index is 12.8. The van der Waals surface area contributed by atoms with Crippen LogP contribution in [0, 0.1) is 0 Å². The summed E-state index contributed by atoms with van der Waals surface area (Å²) in [4.78, 5) is 27.0. The monoisotopic (exact) mass is 516 g/mol. The van der Waals surface area contributed by atoms with Crippen molar-refractivity contribution in [1.82, 2.24) is 10.2 Å². The molecule has 0 aromatic rings. The normalized spacial score (nSPS) is 11.1. The van der Waals surface area contributed by atoms with Crippen LogP contribution < -0.4 is 5.32 Å². The first-order valence-corrected chi connectivity index (χ1v) is 14.5. The van der Waals surface area contributed by atoms with E-state index in [1.54, 1.807) is 0 Å². The van der Waals surface area contributed by atoms with Crippen molar-refractivity contribution in [3.05, 3.63) is 0 Å². The number of amides is 2. The first-order valence-electron chi connectivity index (χ1n) is 14.5. The Hall–Kier alpha value is -1.22. The Bertz CT molecular complexity index is 477. The van der Waals surface area contributed by atoms with Crippen LogP contribution in [0.25, 0.3) is 0 Å². The number of carbonyl (C=O) groups excluding carboxylic acids is 2. The molecule has 0 heterocycles. The number of unbranched alkanes of at least 4 members (excludes halogenated alkanes) is 10. The van der Waals surface area contributed by atoms with Gasteiger partial charge in [0.15, 0.2) is 0 Å². The molecule has 2 amide bonds. The highest BCUT2D eigenvalue weighted by Crippen LogP contribution is 2.10. The van der Waals surface area contributed by atoms with Crippen molar-refractivity contribution in [2.75, 3.05) is 65.9 Å². The molecule has 0 saturated heterocycles. The minimum absolute atomic E-state index is 0.0135. The van der Waals surface area contributed by atoms with Crippen LogP contribution in [0.4, 0.5) is 0 Å². The lowest BCUT2D eigenvalue weighted by molar-refractivity contribution is -0.133. The van der Waals surface area contributed by atoms with Gasteiger partial charge in [0.25, 0.3) is 0 Å². The van der Waals surface area contributed by atoms with Crippen molar-refractivity contribution in [3.8, 4) is 0 Å². The number of hydrogen-bond acceptors (Lipinski definition) is 6. The van der Waals surface area contributed by atoms with Gasteiger partial charge in [0.2, 0.25) is 11.8 Å². The fourth-order valence-corrected chi connectivity index (χ4v) is 3.86. The summed E-state index contributed by atoms with van der Waals surface area (Å²) in [6, 6.07) is 0. The van der Waals surface area contributed by atoms with E-state index in [9.17, 15) is 9.59 Å². The second-order valence-corrected chi connectivity index (χ2v) is 9.33. The molecule has 2 N–H and O–H groups in total. The predicted octanol–water partition coefficient (Wildman–Crippen LogP) is 4.47. The van der Waals surface area contributed by atoms with Crippen molar-refractivity contribution < 1.29 is 28.9 Å². The first kappa shape index (κ1) is 34.8. The quantitative estimate of drug-likeness (QED) is 0.149. The lowest BCUT2D eigenvalue weighted by atomic mass is 10.1. The third kappa shape index (κ3) is 24.5. The maximum atomic E-state index is 12.8. The second kappa shape index (κ2) is 28.4. The van der Waals surface area contributed by atoms with Crippen LogP contribution in [-0.2, 0) is 23.8 Å². The van der Waals surface area contributed by atoms with Crippen LogP contribution in [0.5, 0.6) is 0 Å². The average molecular weight is 517 g/mol. The number of aliphatic hydroxyl groups is 1. The van der Waals surface area contributed by atoms with E-state index in [0.29, 0.717) is 46.2 Å². The minimum Gasteiger partial charge on any atom is -0.394 e. The van der Waals surface area contributed by atoms with E-state index >= 15 is 0 Å². The number of nitrogens with one attached hydrogen (secondary N) is 1. The third-order valence-electron chi connectivity index (χ3n) is 6.03. The average Bonchev–Trinajstić information content (AvgIpc) is 2.88. The van der Waals surface area contributed by atoms with E-state index in [-0.39, 0.29) is 31.3 Å². The Kier molecular flexibility index (Phi) is 27.4. The summed E-state index contributed by atoms with van der Waals surface area (Å²) in [6.07, 6.45) is 15.0. The van der Waals surface area contributed by atoms with Gasteiger partial charge in [-0.2, -0.15) is 0 Å². The fourth-order valence-electron chi connectivity index (χ4n) is 3.86. The van der Waals surface area contributed by atoms with Crippen LogP contribution in [0.2, 0.25) is 0 Å². The van der Waals surface area contributed by atoms with Crippen molar-refractivity contribution in [2.24, 2.45) is 0 Å². The molecular formula is C28H56N2O6. The molecule has 0 atom stereocenters. The fraction of sp³-hybridized carbons (Fsp3) is 0.929. The molecule has 0 unspecified atom stereocenters. The smallest absolute Gasteiger partial charge is 0.223 e. The molecule has 36 heavy (non-hydrogen) atoms. The lowest BCUT2D eigenvalue weighted by Crippen LogP contribution is -2.34. The molecular weight excluding hydrogens is 460 g/mol. The van der Waals surface area contributed by atoms with Gasteiger partial charge in [0, 0.05) is 32.5 Å². The SMILES string of the molecule is CCCCCCCCN(CCCCCCCC)C(=O)CCC(=O)NCCOCCOCCOCCO. The Morgan fingerprint density at radius 3 is 1.64 bits per heavy atom. The number of nitrogens with zero attached hydrogens (tertiary/aromatic N) is 1. The van der Waals surface area contributed by atoms with Gasteiger partial charge in [-0.25, -0.2) is 0 Å². The molecule has 0 fully saturated rings. The van der Waals surface area contributed by atoms with E-state index < -0.39 is 0 Å². The Morgan fingerprint density at radius 2 is 1.11 bits per heavy atom. The molecule has 0 aromatic carbocycles. The van der Waals surface area contributed by atoms with Crippen LogP contribution in [-0.4, -0.2) is 87.7 Å². The van der Waals surface area contributed by atoms with Crippen molar-refractivity contribution in [3.63, 3.8) is 0 Å². The molecule has 8 heteroatoms. The zero-order valence-corrected chi connectivity index (χ0v) is 23.4. The number of carbonyl (C=O) groups is 2. The summed E-state index contributed by atoms with van der Waals surface area (Å²) < 4.78 is 15.9. The Balaban J connectivity index is 4.01. The van der Waals surface area contributed by atoms with Crippen LogP contribution in [0.15, 0.2) is 0 Å². The molecule has 0 aliphatic carbocycles. The molecule has 0 bridgehead atoms. The summed E-state index contributed by atoms with van der Waals surface area (Å²) in [5.41, 5.74) is 0. The number of hydrogen-bond donors (Lipinski definition) is 2. The van der Waals surface area contributed by atoms with Gasteiger partial charge >= 0.3 is 0 Å². The van der Waals surface area contributed by atoms with E-state index in [1.807, 2.05) is 4.90 Å². The molecule has 0 spiro atoms. The topological polar surface area (TPSA) is 97.3 Å². The minimum atomic E-state index is -0.108. The standard InChI is InChI=1S/C28H56N2O6/c1-3-5-7-9-11-13-18-30(19-14-12-10-8-6-4-2)28(33)16-15-27(32)29-17-21-34-23-25-36-26-24-35-22-20-31/h31H,3-26H2,1-2H3,(H,29,32).